The molecule has 0 aliphatic carbocycles. The summed E-state index contributed by atoms with van der Waals surface area (Å²) in [6.07, 6.45) is 4.48. The highest BCUT2D eigenvalue weighted by Crippen LogP contribution is 2.36. The van der Waals surface area contributed by atoms with Gasteiger partial charge in [-0.15, -0.1) is 0 Å². The van der Waals surface area contributed by atoms with Crippen molar-refractivity contribution in [1.82, 2.24) is 25.3 Å². The lowest BCUT2D eigenvalue weighted by Gasteiger charge is -2.34. The lowest BCUT2D eigenvalue weighted by atomic mass is 9.89. The van der Waals surface area contributed by atoms with Gasteiger partial charge in [0.15, 0.2) is 11.0 Å². The van der Waals surface area contributed by atoms with Gasteiger partial charge in [0.05, 0.1) is 61.6 Å². The number of esters is 2. The van der Waals surface area contributed by atoms with Gasteiger partial charge in [0.2, 0.25) is 0 Å². The summed E-state index contributed by atoms with van der Waals surface area (Å²) in [6, 6.07) is 38.8. The van der Waals surface area contributed by atoms with Gasteiger partial charge in [-0.25, -0.2) is 38.3 Å². The molecule has 0 radical (unpaired) electrons. The van der Waals surface area contributed by atoms with E-state index in [1.165, 1.54) is 62.5 Å². The van der Waals surface area contributed by atoms with Crippen molar-refractivity contribution in [2.75, 3.05) is 59.5 Å². The highest BCUT2D eigenvalue weighted by atomic mass is 35.5. The van der Waals surface area contributed by atoms with E-state index >= 15 is 0 Å². The molecule has 6 aromatic carbocycles. The smallest absolute Gasteiger partial charge is 0.337 e. The van der Waals surface area contributed by atoms with Crippen molar-refractivity contribution in [3.63, 3.8) is 0 Å². The number of benzene rings is 6. The van der Waals surface area contributed by atoms with E-state index in [4.69, 9.17) is 35.8 Å². The van der Waals surface area contributed by atoms with Gasteiger partial charge in [0, 0.05) is 24.2 Å². The molecule has 15 heteroatoms. The maximum atomic E-state index is 13.6. The normalized spacial score (nSPS) is 13.9. The number of piperidine rings is 2. The Hall–Kier alpha value is -7.55. The minimum atomic E-state index is -0.456. The minimum Gasteiger partial charge on any atom is -0.497 e. The van der Waals surface area contributed by atoms with Gasteiger partial charge >= 0.3 is 11.9 Å². The molecule has 2 fully saturated rings. The predicted octanol–water partition coefficient (Wildman–Crippen LogP) is 11.7. The number of nitrogens with one attached hydrogen (secondary N) is 1. The molecule has 364 valence electrons. The second kappa shape index (κ2) is 23.4. The van der Waals surface area contributed by atoms with E-state index in [1.807, 2.05) is 12.1 Å². The Labute approximate surface area is 416 Å². The zero-order valence-corrected chi connectivity index (χ0v) is 40.6. The van der Waals surface area contributed by atoms with Gasteiger partial charge in [-0.1, -0.05) is 35.9 Å². The van der Waals surface area contributed by atoms with Crippen LogP contribution in [0.2, 0.25) is 5.15 Å². The van der Waals surface area contributed by atoms with Crippen LogP contribution in [0.3, 0.4) is 0 Å². The largest absolute Gasteiger partial charge is 0.497 e. The number of carbonyl (C=O) groups excluding carboxylic acids is 2. The first-order valence-electron chi connectivity index (χ1n) is 23.2. The Morgan fingerprint density at radius 1 is 0.535 bits per heavy atom. The molecule has 0 unspecified atom stereocenters. The average Bonchev–Trinajstić information content (AvgIpc) is 3.43. The molecule has 0 atom stereocenters. The fraction of sp³-hybridized carbons (Fsp3) is 0.250. The molecule has 4 heterocycles. The second-order valence-electron chi connectivity index (χ2n) is 17.0. The number of rotatable bonds is 9. The molecule has 0 spiro atoms. The Bertz CT molecular complexity index is 3090. The quantitative estimate of drug-likeness (QED) is 0.138. The van der Waals surface area contributed by atoms with Crippen LogP contribution in [-0.4, -0.2) is 86.5 Å². The fourth-order valence-electron chi connectivity index (χ4n) is 8.71. The van der Waals surface area contributed by atoms with E-state index in [1.54, 1.807) is 74.9 Å². The zero-order valence-electron chi connectivity index (χ0n) is 39.8. The minimum absolute atomic E-state index is 0.213. The lowest BCUT2D eigenvalue weighted by molar-refractivity contribution is 0.0592. The summed E-state index contributed by atoms with van der Waals surface area (Å²) >= 11 is 6.15. The molecular weight excluding hydrogens is 926 g/mol. The van der Waals surface area contributed by atoms with Crippen LogP contribution in [0.4, 0.5) is 14.6 Å². The topological polar surface area (TPSA) is 138 Å². The number of fused-ring (bicyclic) bond motifs is 2. The van der Waals surface area contributed by atoms with Gasteiger partial charge in [-0.2, -0.15) is 0 Å². The zero-order chi connectivity index (χ0) is 49.9. The molecule has 2 aliphatic heterocycles. The van der Waals surface area contributed by atoms with Crippen LogP contribution in [0.15, 0.2) is 133 Å². The maximum absolute atomic E-state index is 13.6. The van der Waals surface area contributed by atoms with Crippen molar-refractivity contribution in [1.29, 1.82) is 0 Å². The summed E-state index contributed by atoms with van der Waals surface area (Å²) in [5.74, 6) is 2.23. The second-order valence-corrected chi connectivity index (χ2v) is 17.4. The standard InChI is InChI=1S/C28H26FN3O3.C16H10ClFN2O2.C12H17NO/c1-34-23-10-5-18(6-11-23)19-13-15-32(16-14-19)27-26(20-3-8-22(29)9-4-20)30-25-17-21(28(33)35-2)7-12-24(25)31-27;1-22-16(21)10-4-7-12-13(8-10)19-14(15(17)20-12)9-2-5-11(18)6-3-9;1-14-12-4-2-10(3-5-12)11-6-8-13-9-7-11/h3-12,17,19H,13-16H2,1-2H3;2-8H,1H3;2-5,11,13H,6-9H2,1H3. The van der Waals surface area contributed by atoms with E-state index in [2.05, 4.69) is 61.3 Å². The molecule has 12 nitrogen and oxygen atoms in total. The molecule has 0 saturated carbocycles. The van der Waals surface area contributed by atoms with E-state index in [-0.39, 0.29) is 16.8 Å². The Balaban J connectivity index is 0.000000159. The van der Waals surface area contributed by atoms with E-state index in [0.717, 1.165) is 67.8 Å². The Kier molecular flexibility index (Phi) is 16.4. The van der Waals surface area contributed by atoms with Crippen LogP contribution in [0.1, 0.15) is 69.4 Å². The lowest BCUT2D eigenvalue weighted by Crippen LogP contribution is -2.34. The molecular formula is C56H53ClF2N6O6. The summed E-state index contributed by atoms with van der Waals surface area (Å²) in [6.45, 7) is 3.95. The monoisotopic (exact) mass is 978 g/mol. The molecule has 2 aromatic heterocycles. The van der Waals surface area contributed by atoms with E-state index < -0.39 is 11.9 Å². The van der Waals surface area contributed by atoms with Crippen molar-refractivity contribution in [2.24, 2.45) is 0 Å². The third kappa shape index (κ3) is 12.3. The van der Waals surface area contributed by atoms with E-state index in [0.29, 0.717) is 56.1 Å². The van der Waals surface area contributed by atoms with Gasteiger partial charge < -0.3 is 29.2 Å². The van der Waals surface area contributed by atoms with Gasteiger partial charge in [-0.05, 0) is 171 Å². The first kappa shape index (κ1) is 49.9. The number of hydrogen-bond acceptors (Lipinski definition) is 12. The first-order chi connectivity index (χ1) is 34.5. The highest BCUT2D eigenvalue weighted by Gasteiger charge is 2.25. The van der Waals surface area contributed by atoms with Crippen LogP contribution in [0.5, 0.6) is 11.5 Å². The molecule has 1 N–H and O–H groups in total. The van der Waals surface area contributed by atoms with Crippen LogP contribution in [0, 0.1) is 11.6 Å². The number of ether oxygens (including phenoxy) is 4. The van der Waals surface area contributed by atoms with Gasteiger partial charge in [0.1, 0.15) is 34.5 Å². The predicted molar refractivity (Wildman–Crippen MR) is 273 cm³/mol. The fourth-order valence-corrected chi connectivity index (χ4v) is 8.96. The first-order valence-corrected chi connectivity index (χ1v) is 23.6. The molecule has 8 aromatic rings. The molecule has 0 amide bonds. The molecule has 71 heavy (non-hydrogen) atoms. The van der Waals surface area contributed by atoms with Crippen molar-refractivity contribution in [3.05, 3.63) is 173 Å². The molecule has 0 bridgehead atoms. The van der Waals surface area contributed by atoms with Crippen LogP contribution >= 0.6 is 11.6 Å². The summed E-state index contributed by atoms with van der Waals surface area (Å²) in [7, 11) is 6.04. The summed E-state index contributed by atoms with van der Waals surface area (Å²) in [5.41, 5.74) is 8.40. The average molecular weight is 980 g/mol. The molecule has 2 saturated heterocycles. The third-order valence-corrected chi connectivity index (χ3v) is 12.9. The summed E-state index contributed by atoms with van der Waals surface area (Å²) < 4.78 is 46.6. The number of methoxy groups -OCH3 is 4. The molecule has 10 rings (SSSR count). The van der Waals surface area contributed by atoms with Crippen molar-refractivity contribution < 1.29 is 37.3 Å². The van der Waals surface area contributed by atoms with Gasteiger partial charge in [-0.3, -0.25) is 0 Å². The molecule has 2 aliphatic rings. The number of carbonyl (C=O) groups is 2. The number of nitrogens with zero attached hydrogens (tertiary/aromatic N) is 5. The number of aromatic nitrogens is 4. The highest BCUT2D eigenvalue weighted by molar-refractivity contribution is 6.32. The third-order valence-electron chi connectivity index (χ3n) is 12.7. The van der Waals surface area contributed by atoms with Crippen molar-refractivity contribution in [2.45, 2.75) is 37.5 Å². The van der Waals surface area contributed by atoms with E-state index in [9.17, 15) is 18.4 Å². The van der Waals surface area contributed by atoms with Crippen molar-refractivity contribution >= 4 is 51.4 Å². The summed E-state index contributed by atoms with van der Waals surface area (Å²) in [5, 5.41) is 3.60. The van der Waals surface area contributed by atoms with Gasteiger partial charge in [0.25, 0.3) is 0 Å². The Morgan fingerprint density at radius 2 is 0.972 bits per heavy atom. The van der Waals surface area contributed by atoms with Crippen LogP contribution < -0.4 is 19.7 Å². The van der Waals surface area contributed by atoms with Crippen LogP contribution in [-0.2, 0) is 9.47 Å². The van der Waals surface area contributed by atoms with Crippen molar-refractivity contribution in [3.8, 4) is 34.0 Å². The maximum Gasteiger partial charge on any atom is 0.337 e. The summed E-state index contributed by atoms with van der Waals surface area (Å²) in [4.78, 5) is 44.4. The number of halogens is 3. The SMILES string of the molecule is COC(=O)c1ccc2nc(Cl)c(-c3ccc(F)cc3)nc2c1.COC(=O)c1ccc2nc(N3CCC(c4ccc(OC)cc4)CC3)c(-c3ccc(F)cc3)nc2c1.COc1ccc(C2CCNCC2)cc1. The Morgan fingerprint density at radius 3 is 1.44 bits per heavy atom. The van der Waals surface area contributed by atoms with Crippen LogP contribution in [0.25, 0.3) is 44.6 Å². The number of anilines is 1. The number of hydrogen-bond donors (Lipinski definition) is 1.